The second kappa shape index (κ2) is 6.46. The first kappa shape index (κ1) is 15.0. The minimum Gasteiger partial charge on any atom is -0.494 e. The maximum absolute atomic E-state index is 12.2. The number of carbonyl (C=O) groups excluding carboxylic acids is 1. The van der Waals surface area contributed by atoms with Gasteiger partial charge in [-0.1, -0.05) is 17.4 Å². The first-order valence-electron chi connectivity index (χ1n) is 7.04. The van der Waals surface area contributed by atoms with Gasteiger partial charge in [-0.15, -0.1) is 0 Å². The number of fused-ring (bicyclic) bond motifs is 1. The third kappa shape index (κ3) is 3.30. The van der Waals surface area contributed by atoms with Gasteiger partial charge in [0, 0.05) is 5.56 Å². The van der Waals surface area contributed by atoms with Crippen LogP contribution in [0.5, 0.6) is 5.75 Å². The van der Waals surface area contributed by atoms with Crippen LogP contribution in [0.4, 0.5) is 5.13 Å². The number of nitriles is 1. The van der Waals surface area contributed by atoms with Crippen molar-refractivity contribution in [1.82, 2.24) is 4.98 Å². The summed E-state index contributed by atoms with van der Waals surface area (Å²) in [6, 6.07) is 14.2. The summed E-state index contributed by atoms with van der Waals surface area (Å²) < 4.78 is 6.40. The molecule has 114 valence electrons. The standard InChI is InChI=1S/C17H13N3O2S/c1-2-22-13-6-7-14-15(9-13)23-17(19-14)20-16(21)12-5-3-4-11(8-12)10-18/h3-9H,2H2,1H3,(H,19,20,21). The van der Waals surface area contributed by atoms with E-state index in [0.717, 1.165) is 16.0 Å². The molecule has 0 aliphatic carbocycles. The van der Waals surface area contributed by atoms with E-state index in [9.17, 15) is 4.79 Å². The Hall–Kier alpha value is -2.91. The molecule has 1 aromatic heterocycles. The lowest BCUT2D eigenvalue weighted by Crippen LogP contribution is -2.11. The summed E-state index contributed by atoms with van der Waals surface area (Å²) in [6.45, 7) is 2.53. The van der Waals surface area contributed by atoms with Crippen molar-refractivity contribution in [3.63, 3.8) is 0 Å². The predicted molar refractivity (Wildman–Crippen MR) is 89.9 cm³/mol. The minimum atomic E-state index is -0.286. The maximum atomic E-state index is 12.2. The summed E-state index contributed by atoms with van der Waals surface area (Å²) in [5, 5.41) is 12.2. The molecule has 0 bridgehead atoms. The van der Waals surface area contributed by atoms with E-state index in [-0.39, 0.29) is 5.91 Å². The van der Waals surface area contributed by atoms with Crippen LogP contribution in [0.25, 0.3) is 10.2 Å². The van der Waals surface area contributed by atoms with E-state index in [1.807, 2.05) is 31.2 Å². The first-order chi connectivity index (χ1) is 11.2. The average Bonchev–Trinajstić information content (AvgIpc) is 2.96. The van der Waals surface area contributed by atoms with Crippen molar-refractivity contribution in [2.75, 3.05) is 11.9 Å². The SMILES string of the molecule is CCOc1ccc2nc(NC(=O)c3cccc(C#N)c3)sc2c1. The van der Waals surface area contributed by atoms with E-state index in [0.29, 0.717) is 22.9 Å². The van der Waals surface area contributed by atoms with Crippen molar-refractivity contribution in [1.29, 1.82) is 5.26 Å². The van der Waals surface area contributed by atoms with Gasteiger partial charge in [-0.05, 0) is 43.3 Å². The number of nitrogens with zero attached hydrogens (tertiary/aromatic N) is 2. The molecular formula is C17H13N3O2S. The number of aromatic nitrogens is 1. The van der Waals surface area contributed by atoms with Gasteiger partial charge < -0.3 is 4.74 Å². The number of amides is 1. The zero-order valence-corrected chi connectivity index (χ0v) is 13.2. The topological polar surface area (TPSA) is 75.0 Å². The maximum Gasteiger partial charge on any atom is 0.257 e. The first-order valence-corrected chi connectivity index (χ1v) is 7.86. The minimum absolute atomic E-state index is 0.286. The predicted octanol–water partition coefficient (Wildman–Crippen LogP) is 3.82. The molecule has 0 radical (unpaired) electrons. The van der Waals surface area contributed by atoms with Crippen LogP contribution in [0, 0.1) is 11.3 Å². The van der Waals surface area contributed by atoms with Gasteiger partial charge in [-0.2, -0.15) is 5.26 Å². The molecule has 0 atom stereocenters. The highest BCUT2D eigenvalue weighted by atomic mass is 32.1. The molecule has 1 amide bonds. The van der Waals surface area contributed by atoms with Crippen molar-refractivity contribution >= 4 is 32.6 Å². The summed E-state index contributed by atoms with van der Waals surface area (Å²) in [5.74, 6) is 0.495. The molecule has 0 aliphatic rings. The number of nitrogens with one attached hydrogen (secondary N) is 1. The van der Waals surface area contributed by atoms with Crippen LogP contribution in [-0.2, 0) is 0 Å². The molecule has 0 spiro atoms. The van der Waals surface area contributed by atoms with Crippen LogP contribution >= 0.6 is 11.3 Å². The van der Waals surface area contributed by atoms with E-state index in [4.69, 9.17) is 10.00 Å². The Kier molecular flexibility index (Phi) is 4.22. The largest absolute Gasteiger partial charge is 0.494 e. The van der Waals surface area contributed by atoms with Gasteiger partial charge in [0.15, 0.2) is 5.13 Å². The van der Waals surface area contributed by atoms with Crippen molar-refractivity contribution < 1.29 is 9.53 Å². The zero-order chi connectivity index (χ0) is 16.2. The summed E-state index contributed by atoms with van der Waals surface area (Å²) in [5.41, 5.74) is 1.68. The van der Waals surface area contributed by atoms with E-state index >= 15 is 0 Å². The molecule has 1 N–H and O–H groups in total. The number of hydrogen-bond donors (Lipinski definition) is 1. The lowest BCUT2D eigenvalue weighted by molar-refractivity contribution is 0.102. The van der Waals surface area contributed by atoms with Gasteiger partial charge in [0.1, 0.15) is 5.75 Å². The van der Waals surface area contributed by atoms with Crippen LogP contribution in [0.15, 0.2) is 42.5 Å². The summed E-state index contributed by atoms with van der Waals surface area (Å²) in [6.07, 6.45) is 0. The molecule has 1 heterocycles. The zero-order valence-electron chi connectivity index (χ0n) is 12.4. The molecule has 3 rings (SSSR count). The lowest BCUT2D eigenvalue weighted by atomic mass is 10.1. The average molecular weight is 323 g/mol. The number of carbonyl (C=O) groups is 1. The number of ether oxygens (including phenoxy) is 1. The molecule has 0 fully saturated rings. The molecule has 2 aromatic carbocycles. The van der Waals surface area contributed by atoms with Crippen molar-refractivity contribution in [3.8, 4) is 11.8 Å². The second-order valence-corrected chi connectivity index (χ2v) is 5.76. The fraction of sp³-hybridized carbons (Fsp3) is 0.118. The third-order valence-electron chi connectivity index (χ3n) is 3.15. The van der Waals surface area contributed by atoms with Crippen LogP contribution in [0.3, 0.4) is 0 Å². The van der Waals surface area contributed by atoms with Crippen LogP contribution in [0.2, 0.25) is 0 Å². The van der Waals surface area contributed by atoms with Crippen molar-refractivity contribution in [2.24, 2.45) is 0 Å². The quantitative estimate of drug-likeness (QED) is 0.792. The molecule has 0 saturated heterocycles. The molecule has 0 aliphatic heterocycles. The molecular weight excluding hydrogens is 310 g/mol. The monoisotopic (exact) mass is 323 g/mol. The van der Waals surface area contributed by atoms with E-state index in [1.165, 1.54) is 11.3 Å². The van der Waals surface area contributed by atoms with Gasteiger partial charge >= 0.3 is 0 Å². The molecule has 0 saturated carbocycles. The normalized spacial score (nSPS) is 10.3. The molecule has 6 heteroatoms. The number of thiazole rings is 1. The summed E-state index contributed by atoms with van der Waals surface area (Å²) in [4.78, 5) is 16.6. The van der Waals surface area contributed by atoms with Crippen LogP contribution < -0.4 is 10.1 Å². The highest BCUT2D eigenvalue weighted by Crippen LogP contribution is 2.29. The Morgan fingerprint density at radius 3 is 3.00 bits per heavy atom. The molecule has 23 heavy (non-hydrogen) atoms. The van der Waals surface area contributed by atoms with E-state index < -0.39 is 0 Å². The summed E-state index contributed by atoms with van der Waals surface area (Å²) in [7, 11) is 0. The van der Waals surface area contributed by atoms with Crippen LogP contribution in [0.1, 0.15) is 22.8 Å². The van der Waals surface area contributed by atoms with E-state index in [2.05, 4.69) is 10.3 Å². The van der Waals surface area contributed by atoms with Crippen molar-refractivity contribution in [3.05, 3.63) is 53.6 Å². The molecule has 3 aromatic rings. The van der Waals surface area contributed by atoms with Crippen molar-refractivity contribution in [2.45, 2.75) is 6.92 Å². The Balaban J connectivity index is 1.83. The second-order valence-electron chi connectivity index (χ2n) is 4.73. The van der Waals surface area contributed by atoms with Gasteiger partial charge in [0.25, 0.3) is 5.91 Å². The van der Waals surface area contributed by atoms with Crippen LogP contribution in [-0.4, -0.2) is 17.5 Å². The van der Waals surface area contributed by atoms with Gasteiger partial charge in [-0.25, -0.2) is 4.98 Å². The highest BCUT2D eigenvalue weighted by molar-refractivity contribution is 7.22. The highest BCUT2D eigenvalue weighted by Gasteiger charge is 2.11. The van der Waals surface area contributed by atoms with E-state index in [1.54, 1.807) is 24.3 Å². The third-order valence-corrected chi connectivity index (χ3v) is 4.08. The molecule has 5 nitrogen and oxygen atoms in total. The Labute approximate surface area is 137 Å². The number of anilines is 1. The Morgan fingerprint density at radius 1 is 1.35 bits per heavy atom. The number of benzene rings is 2. The Morgan fingerprint density at radius 2 is 2.22 bits per heavy atom. The Bertz CT molecular complexity index is 912. The summed E-state index contributed by atoms with van der Waals surface area (Å²) >= 11 is 1.38. The number of rotatable bonds is 4. The fourth-order valence-electron chi connectivity index (χ4n) is 2.11. The smallest absolute Gasteiger partial charge is 0.257 e. The van der Waals surface area contributed by atoms with Gasteiger partial charge in [-0.3, -0.25) is 10.1 Å². The van der Waals surface area contributed by atoms with Gasteiger partial charge in [0.05, 0.1) is 28.5 Å². The molecule has 0 unspecified atom stereocenters. The van der Waals surface area contributed by atoms with Gasteiger partial charge in [0.2, 0.25) is 0 Å². The number of hydrogen-bond acceptors (Lipinski definition) is 5. The fourth-order valence-corrected chi connectivity index (χ4v) is 3.00. The lowest BCUT2D eigenvalue weighted by Gasteiger charge is -2.01.